The molecule has 1 saturated heterocycles. The third-order valence-electron chi connectivity index (χ3n) is 6.22. The number of benzene rings is 3. The Labute approximate surface area is 176 Å². The Balaban J connectivity index is 1.40. The number of amides is 1. The van der Waals surface area contributed by atoms with Crippen molar-refractivity contribution in [1.29, 1.82) is 0 Å². The lowest BCUT2D eigenvalue weighted by atomic mass is 10.0. The lowest BCUT2D eigenvalue weighted by Crippen LogP contribution is -2.36. The van der Waals surface area contributed by atoms with E-state index in [2.05, 4.69) is 6.07 Å². The standard InChI is InChI=1S/C26H23NO3/c1-30-20-8-4-6-17(15-20)14-19-7-5-13-27(19)26(29)18-11-12-22-21-9-2-3-10-23(21)25(28)24(22)16-18/h2-4,6,8-12,15-16,19H,5,7,13-14H2,1H3. The van der Waals surface area contributed by atoms with Gasteiger partial charge >= 0.3 is 0 Å². The summed E-state index contributed by atoms with van der Waals surface area (Å²) in [6.45, 7) is 0.749. The maximum absolute atomic E-state index is 13.3. The van der Waals surface area contributed by atoms with E-state index < -0.39 is 0 Å². The molecule has 0 aromatic heterocycles. The molecule has 0 bridgehead atoms. The number of hydrogen-bond acceptors (Lipinski definition) is 3. The van der Waals surface area contributed by atoms with Gasteiger partial charge in [0.2, 0.25) is 0 Å². The third kappa shape index (κ3) is 3.09. The topological polar surface area (TPSA) is 46.6 Å². The van der Waals surface area contributed by atoms with Crippen LogP contribution in [0.1, 0.15) is 44.7 Å². The molecule has 0 spiro atoms. The Morgan fingerprint density at radius 1 is 0.967 bits per heavy atom. The Morgan fingerprint density at radius 2 is 1.77 bits per heavy atom. The molecular weight excluding hydrogens is 374 g/mol. The van der Waals surface area contributed by atoms with Crippen molar-refractivity contribution in [2.45, 2.75) is 25.3 Å². The lowest BCUT2D eigenvalue weighted by Gasteiger charge is -2.25. The summed E-state index contributed by atoms with van der Waals surface area (Å²) in [5, 5.41) is 0. The molecular formula is C26H23NO3. The van der Waals surface area contributed by atoms with Crippen LogP contribution in [0.25, 0.3) is 11.1 Å². The number of carbonyl (C=O) groups is 2. The van der Waals surface area contributed by atoms with Gasteiger partial charge in [-0.05, 0) is 60.2 Å². The van der Waals surface area contributed by atoms with Crippen LogP contribution in [0, 0.1) is 0 Å². The average Bonchev–Trinajstić information content (AvgIpc) is 3.36. The van der Waals surface area contributed by atoms with Gasteiger partial charge in [-0.1, -0.05) is 42.5 Å². The number of nitrogens with zero attached hydrogens (tertiary/aromatic N) is 1. The van der Waals surface area contributed by atoms with E-state index in [1.54, 1.807) is 13.2 Å². The number of fused-ring (bicyclic) bond motifs is 3. The smallest absolute Gasteiger partial charge is 0.254 e. The van der Waals surface area contributed by atoms with Crippen LogP contribution in [-0.4, -0.2) is 36.3 Å². The number of carbonyl (C=O) groups excluding carboxylic acids is 2. The molecule has 150 valence electrons. The summed E-state index contributed by atoms with van der Waals surface area (Å²) >= 11 is 0. The van der Waals surface area contributed by atoms with E-state index in [4.69, 9.17) is 4.74 Å². The van der Waals surface area contributed by atoms with Crippen molar-refractivity contribution in [3.63, 3.8) is 0 Å². The average molecular weight is 397 g/mol. The zero-order valence-corrected chi connectivity index (χ0v) is 16.9. The van der Waals surface area contributed by atoms with Gasteiger partial charge in [-0.15, -0.1) is 0 Å². The van der Waals surface area contributed by atoms with Crippen LogP contribution in [0.15, 0.2) is 66.7 Å². The fourth-order valence-corrected chi connectivity index (χ4v) is 4.71. The summed E-state index contributed by atoms with van der Waals surface area (Å²) in [5.74, 6) is 0.844. The van der Waals surface area contributed by atoms with E-state index in [9.17, 15) is 9.59 Å². The molecule has 3 aromatic rings. The largest absolute Gasteiger partial charge is 0.497 e. The van der Waals surface area contributed by atoms with Gasteiger partial charge in [-0.3, -0.25) is 9.59 Å². The molecule has 1 aliphatic heterocycles. The van der Waals surface area contributed by atoms with Crippen LogP contribution in [-0.2, 0) is 6.42 Å². The summed E-state index contributed by atoms with van der Waals surface area (Å²) in [6, 6.07) is 21.4. The summed E-state index contributed by atoms with van der Waals surface area (Å²) < 4.78 is 5.33. The van der Waals surface area contributed by atoms with Crippen molar-refractivity contribution < 1.29 is 14.3 Å². The molecule has 1 amide bonds. The molecule has 2 aliphatic rings. The monoisotopic (exact) mass is 397 g/mol. The van der Waals surface area contributed by atoms with Crippen molar-refractivity contribution in [2.75, 3.05) is 13.7 Å². The van der Waals surface area contributed by atoms with Gasteiger partial charge in [0, 0.05) is 29.3 Å². The Kier molecular flexibility index (Phi) is 4.62. The predicted molar refractivity (Wildman–Crippen MR) is 116 cm³/mol. The zero-order valence-electron chi connectivity index (χ0n) is 16.9. The van der Waals surface area contributed by atoms with E-state index in [1.807, 2.05) is 59.5 Å². The Morgan fingerprint density at radius 3 is 2.60 bits per heavy atom. The van der Waals surface area contributed by atoms with Crippen molar-refractivity contribution in [1.82, 2.24) is 4.90 Å². The van der Waals surface area contributed by atoms with Crippen LogP contribution < -0.4 is 4.74 Å². The molecule has 1 fully saturated rings. The minimum absolute atomic E-state index is 0.00426. The molecule has 0 saturated carbocycles. The normalized spacial score (nSPS) is 17.0. The van der Waals surface area contributed by atoms with Gasteiger partial charge in [0.1, 0.15) is 5.75 Å². The summed E-state index contributed by atoms with van der Waals surface area (Å²) in [7, 11) is 1.66. The minimum atomic E-state index is 0.00426. The molecule has 1 unspecified atom stereocenters. The fraction of sp³-hybridized carbons (Fsp3) is 0.231. The van der Waals surface area contributed by atoms with Gasteiger partial charge in [0.15, 0.2) is 5.78 Å². The van der Waals surface area contributed by atoms with Gasteiger partial charge < -0.3 is 9.64 Å². The molecule has 0 N–H and O–H groups in total. The van der Waals surface area contributed by atoms with Crippen LogP contribution in [0.2, 0.25) is 0 Å². The minimum Gasteiger partial charge on any atom is -0.497 e. The molecule has 4 nitrogen and oxygen atoms in total. The number of ketones is 1. The molecule has 30 heavy (non-hydrogen) atoms. The maximum atomic E-state index is 13.3. The molecule has 1 atom stereocenters. The number of likely N-dealkylation sites (tertiary alicyclic amines) is 1. The highest BCUT2D eigenvalue weighted by Crippen LogP contribution is 2.37. The van der Waals surface area contributed by atoms with E-state index in [-0.39, 0.29) is 17.7 Å². The van der Waals surface area contributed by atoms with Gasteiger partial charge in [-0.25, -0.2) is 0 Å². The van der Waals surface area contributed by atoms with Gasteiger partial charge in [0.25, 0.3) is 5.91 Å². The van der Waals surface area contributed by atoms with E-state index >= 15 is 0 Å². The number of hydrogen-bond donors (Lipinski definition) is 0. The summed E-state index contributed by atoms with van der Waals surface area (Å²) in [4.78, 5) is 28.1. The second kappa shape index (κ2) is 7.45. The van der Waals surface area contributed by atoms with Crippen molar-refractivity contribution in [3.05, 3.63) is 89.0 Å². The molecule has 1 aliphatic carbocycles. The summed E-state index contributed by atoms with van der Waals surface area (Å²) in [5.41, 5.74) is 4.97. The third-order valence-corrected chi connectivity index (χ3v) is 6.22. The SMILES string of the molecule is COc1cccc(CC2CCCN2C(=O)c2ccc3c(c2)C(=O)c2ccccc2-3)c1. The van der Waals surface area contributed by atoms with Crippen LogP contribution >= 0.6 is 0 Å². The van der Waals surface area contributed by atoms with Gasteiger partial charge in [0.05, 0.1) is 7.11 Å². The molecule has 5 rings (SSSR count). The number of rotatable bonds is 4. The van der Waals surface area contributed by atoms with Crippen molar-refractivity contribution in [2.24, 2.45) is 0 Å². The van der Waals surface area contributed by atoms with E-state index in [1.165, 1.54) is 5.56 Å². The first-order chi connectivity index (χ1) is 14.7. The first-order valence-corrected chi connectivity index (χ1v) is 10.4. The Bertz CT molecular complexity index is 1150. The fourth-order valence-electron chi connectivity index (χ4n) is 4.71. The highest BCUT2D eigenvalue weighted by molar-refractivity contribution is 6.22. The highest BCUT2D eigenvalue weighted by Gasteiger charge is 2.32. The summed E-state index contributed by atoms with van der Waals surface area (Å²) in [6.07, 6.45) is 2.78. The van der Waals surface area contributed by atoms with E-state index in [0.717, 1.165) is 42.7 Å². The molecule has 1 heterocycles. The van der Waals surface area contributed by atoms with Gasteiger partial charge in [-0.2, -0.15) is 0 Å². The van der Waals surface area contributed by atoms with Crippen LogP contribution in [0.5, 0.6) is 5.75 Å². The first-order valence-electron chi connectivity index (χ1n) is 10.4. The predicted octanol–water partition coefficient (Wildman–Crippen LogP) is 4.75. The van der Waals surface area contributed by atoms with Crippen molar-refractivity contribution >= 4 is 11.7 Å². The van der Waals surface area contributed by atoms with Crippen LogP contribution in [0.4, 0.5) is 0 Å². The lowest BCUT2D eigenvalue weighted by molar-refractivity contribution is 0.0736. The quantitative estimate of drug-likeness (QED) is 0.499. The first kappa shape index (κ1) is 18.6. The number of methoxy groups -OCH3 is 1. The Hall–Kier alpha value is -3.40. The van der Waals surface area contributed by atoms with Crippen LogP contribution in [0.3, 0.4) is 0 Å². The molecule has 4 heteroatoms. The van der Waals surface area contributed by atoms with Crippen molar-refractivity contribution in [3.8, 4) is 16.9 Å². The number of ether oxygens (including phenoxy) is 1. The highest BCUT2D eigenvalue weighted by atomic mass is 16.5. The maximum Gasteiger partial charge on any atom is 0.254 e. The molecule has 0 radical (unpaired) electrons. The second-order valence-electron chi connectivity index (χ2n) is 7.99. The van der Waals surface area contributed by atoms with E-state index in [0.29, 0.717) is 16.7 Å². The zero-order chi connectivity index (χ0) is 20.7. The second-order valence-corrected chi connectivity index (χ2v) is 7.99. The molecule has 3 aromatic carbocycles.